The van der Waals surface area contributed by atoms with E-state index < -0.39 is 12.1 Å². The van der Waals surface area contributed by atoms with Crippen molar-refractivity contribution in [2.45, 2.75) is 32.8 Å². The molecular formula is C11H20N2O4. The van der Waals surface area contributed by atoms with Crippen molar-refractivity contribution in [3.8, 4) is 0 Å². The number of amides is 2. The zero-order valence-electron chi connectivity index (χ0n) is 10.2. The van der Waals surface area contributed by atoms with Gasteiger partial charge in [0.25, 0.3) is 0 Å². The van der Waals surface area contributed by atoms with Crippen LogP contribution in [0.15, 0.2) is 0 Å². The van der Waals surface area contributed by atoms with Crippen LogP contribution in [-0.4, -0.2) is 41.4 Å². The number of hydrogen-bond acceptors (Lipinski definition) is 3. The summed E-state index contributed by atoms with van der Waals surface area (Å²) >= 11 is 0. The number of aliphatic carboxylic acids is 1. The van der Waals surface area contributed by atoms with Crippen molar-refractivity contribution < 1.29 is 19.8 Å². The van der Waals surface area contributed by atoms with E-state index in [1.807, 2.05) is 0 Å². The normalized spacial score (nSPS) is 22.6. The van der Waals surface area contributed by atoms with Crippen LogP contribution in [0, 0.1) is 11.3 Å². The van der Waals surface area contributed by atoms with Crippen LogP contribution >= 0.6 is 0 Å². The van der Waals surface area contributed by atoms with Gasteiger partial charge in [-0.05, 0) is 17.8 Å². The van der Waals surface area contributed by atoms with Crippen LogP contribution in [0.25, 0.3) is 0 Å². The molecule has 0 aromatic carbocycles. The monoisotopic (exact) mass is 244 g/mol. The summed E-state index contributed by atoms with van der Waals surface area (Å²) in [5.74, 6) is -0.746. The quantitative estimate of drug-likeness (QED) is 0.535. The summed E-state index contributed by atoms with van der Waals surface area (Å²) in [4.78, 5) is 21.6. The number of rotatable bonds is 6. The average molecular weight is 244 g/mol. The Bertz CT molecular complexity index is 304. The molecule has 1 saturated carbocycles. The van der Waals surface area contributed by atoms with Crippen molar-refractivity contribution in [1.29, 1.82) is 0 Å². The molecule has 1 aliphatic rings. The molecular weight excluding hydrogens is 224 g/mol. The van der Waals surface area contributed by atoms with Gasteiger partial charge < -0.3 is 20.8 Å². The minimum Gasteiger partial charge on any atom is -0.479 e. The predicted octanol–water partition coefficient (Wildman–Crippen LogP) is 0.167. The van der Waals surface area contributed by atoms with Crippen molar-refractivity contribution in [3.63, 3.8) is 0 Å². The van der Waals surface area contributed by atoms with Crippen molar-refractivity contribution in [2.24, 2.45) is 11.3 Å². The zero-order chi connectivity index (χ0) is 13.1. The highest BCUT2D eigenvalue weighted by Gasteiger charge is 2.45. The lowest BCUT2D eigenvalue weighted by Crippen LogP contribution is -2.39. The lowest BCUT2D eigenvalue weighted by molar-refractivity contribution is -0.146. The van der Waals surface area contributed by atoms with Gasteiger partial charge in [-0.1, -0.05) is 13.8 Å². The fourth-order valence-corrected chi connectivity index (χ4v) is 1.65. The smallest absolute Gasteiger partial charge is 0.332 e. The van der Waals surface area contributed by atoms with E-state index in [9.17, 15) is 9.59 Å². The summed E-state index contributed by atoms with van der Waals surface area (Å²) in [7, 11) is 0. The maximum atomic E-state index is 11.3. The third-order valence-electron chi connectivity index (χ3n) is 3.21. The van der Waals surface area contributed by atoms with Gasteiger partial charge in [-0.3, -0.25) is 0 Å². The first-order valence-electron chi connectivity index (χ1n) is 5.75. The topological polar surface area (TPSA) is 98.7 Å². The second kappa shape index (κ2) is 5.35. The van der Waals surface area contributed by atoms with Crippen molar-refractivity contribution >= 4 is 12.0 Å². The van der Waals surface area contributed by atoms with Gasteiger partial charge in [0, 0.05) is 19.5 Å². The Kier molecular flexibility index (Phi) is 4.34. The summed E-state index contributed by atoms with van der Waals surface area (Å²) in [6.07, 6.45) is -0.291. The van der Waals surface area contributed by atoms with Gasteiger partial charge in [0.1, 0.15) is 0 Å². The fraction of sp³-hybridized carbons (Fsp3) is 0.818. The van der Waals surface area contributed by atoms with Gasteiger partial charge in [-0.25, -0.2) is 9.59 Å². The van der Waals surface area contributed by atoms with Crippen LogP contribution in [0.5, 0.6) is 0 Å². The van der Waals surface area contributed by atoms with Gasteiger partial charge in [-0.2, -0.15) is 0 Å². The van der Waals surface area contributed by atoms with Gasteiger partial charge >= 0.3 is 12.0 Å². The van der Waals surface area contributed by atoms with Gasteiger partial charge in [0.15, 0.2) is 6.10 Å². The first-order chi connectivity index (χ1) is 7.83. The third-order valence-corrected chi connectivity index (χ3v) is 3.21. The average Bonchev–Trinajstić information content (AvgIpc) is 2.83. The van der Waals surface area contributed by atoms with Crippen LogP contribution in [0.2, 0.25) is 0 Å². The number of aliphatic hydroxyl groups excluding tert-OH is 1. The molecule has 0 aromatic heterocycles. The van der Waals surface area contributed by atoms with E-state index in [4.69, 9.17) is 10.2 Å². The highest BCUT2D eigenvalue weighted by molar-refractivity contribution is 5.74. The second-order valence-corrected chi connectivity index (χ2v) is 5.17. The second-order valence-electron chi connectivity index (χ2n) is 5.17. The minimum atomic E-state index is -1.42. The van der Waals surface area contributed by atoms with E-state index in [-0.39, 0.29) is 19.0 Å². The van der Waals surface area contributed by atoms with Crippen molar-refractivity contribution in [1.82, 2.24) is 10.6 Å². The lowest BCUT2D eigenvalue weighted by Gasteiger charge is -2.09. The molecule has 17 heavy (non-hydrogen) atoms. The van der Waals surface area contributed by atoms with Crippen LogP contribution in [0.4, 0.5) is 4.79 Å². The standard InChI is InChI=1S/C11H20N2O4/c1-11(2)5-7(11)6-13-10(17)12-4-3-8(14)9(15)16/h7-8,14H,3-6H2,1-2H3,(H,15,16)(H2,12,13,17). The van der Waals surface area contributed by atoms with Crippen LogP contribution in [0.1, 0.15) is 26.7 Å². The molecule has 1 rings (SSSR count). The molecule has 0 heterocycles. The number of carbonyl (C=O) groups is 2. The van der Waals surface area contributed by atoms with Crippen LogP contribution < -0.4 is 10.6 Å². The third kappa shape index (κ3) is 4.60. The number of nitrogens with one attached hydrogen (secondary N) is 2. The van der Waals surface area contributed by atoms with Gasteiger partial charge in [-0.15, -0.1) is 0 Å². The lowest BCUT2D eigenvalue weighted by atomic mass is 10.1. The Labute approximate surface area is 100 Å². The Balaban J connectivity index is 2.04. The largest absolute Gasteiger partial charge is 0.479 e. The first-order valence-corrected chi connectivity index (χ1v) is 5.75. The maximum Gasteiger partial charge on any atom is 0.332 e. The van der Waals surface area contributed by atoms with E-state index in [2.05, 4.69) is 24.5 Å². The molecule has 1 fully saturated rings. The Morgan fingerprint density at radius 2 is 2.00 bits per heavy atom. The molecule has 2 atom stereocenters. The maximum absolute atomic E-state index is 11.3. The molecule has 0 radical (unpaired) electrons. The molecule has 0 spiro atoms. The van der Waals surface area contributed by atoms with Crippen LogP contribution in [0.3, 0.4) is 0 Å². The molecule has 2 unspecified atom stereocenters. The first kappa shape index (κ1) is 13.8. The molecule has 6 nitrogen and oxygen atoms in total. The summed E-state index contributed by atoms with van der Waals surface area (Å²) in [5, 5.41) is 22.6. The molecule has 0 saturated heterocycles. The summed E-state index contributed by atoms with van der Waals surface area (Å²) in [6.45, 7) is 5.09. The minimum absolute atomic E-state index is 0.0116. The molecule has 4 N–H and O–H groups in total. The Hall–Kier alpha value is -1.30. The van der Waals surface area contributed by atoms with E-state index in [0.29, 0.717) is 17.9 Å². The van der Waals surface area contributed by atoms with Crippen LogP contribution in [-0.2, 0) is 4.79 Å². The number of aliphatic hydroxyl groups is 1. The van der Waals surface area contributed by atoms with E-state index in [1.54, 1.807) is 0 Å². The summed E-state index contributed by atoms with van der Waals surface area (Å²) in [5.41, 5.74) is 0.326. The van der Waals surface area contributed by atoms with Gasteiger partial charge in [0.05, 0.1) is 0 Å². The molecule has 0 bridgehead atoms. The summed E-state index contributed by atoms with van der Waals surface area (Å²) in [6, 6.07) is -0.315. The fourth-order valence-electron chi connectivity index (χ4n) is 1.65. The SMILES string of the molecule is CC1(C)CC1CNC(=O)NCCC(O)C(=O)O. The number of hydrogen-bond donors (Lipinski definition) is 4. The number of carboxylic acids is 1. The van der Waals surface area contributed by atoms with E-state index in [0.717, 1.165) is 6.42 Å². The highest BCUT2D eigenvalue weighted by Crippen LogP contribution is 2.50. The summed E-state index contributed by atoms with van der Waals surface area (Å²) < 4.78 is 0. The van der Waals surface area contributed by atoms with Crippen molar-refractivity contribution in [3.05, 3.63) is 0 Å². The Morgan fingerprint density at radius 1 is 1.41 bits per heavy atom. The number of carbonyl (C=O) groups excluding carboxylic acids is 1. The Morgan fingerprint density at radius 3 is 2.47 bits per heavy atom. The molecule has 1 aliphatic carbocycles. The zero-order valence-corrected chi connectivity index (χ0v) is 10.2. The number of urea groups is 1. The van der Waals surface area contributed by atoms with E-state index in [1.165, 1.54) is 0 Å². The molecule has 98 valence electrons. The van der Waals surface area contributed by atoms with Crippen molar-refractivity contribution in [2.75, 3.05) is 13.1 Å². The predicted molar refractivity (Wildman–Crippen MR) is 61.5 cm³/mol. The molecule has 0 aromatic rings. The molecule has 6 heteroatoms. The van der Waals surface area contributed by atoms with E-state index >= 15 is 0 Å². The van der Waals surface area contributed by atoms with Gasteiger partial charge in [0.2, 0.25) is 0 Å². The molecule has 2 amide bonds. The number of carboxylic acid groups (broad SMARTS) is 1. The highest BCUT2D eigenvalue weighted by atomic mass is 16.4. The molecule has 0 aliphatic heterocycles.